The molecule has 2 aliphatic rings. The van der Waals surface area contributed by atoms with Crippen molar-refractivity contribution in [2.45, 2.75) is 56.8 Å². The largest absolute Gasteiger partial charge is 0.310 e. The molecule has 0 radical (unpaired) electrons. The summed E-state index contributed by atoms with van der Waals surface area (Å²) in [7, 11) is -2.02. The molecule has 0 saturated carbocycles. The van der Waals surface area contributed by atoms with Crippen LogP contribution in [0.1, 0.15) is 52.0 Å². The summed E-state index contributed by atoms with van der Waals surface area (Å²) in [5.41, 5.74) is 1.44. The first-order valence-corrected chi connectivity index (χ1v) is 11.5. The lowest BCUT2D eigenvalue weighted by molar-refractivity contribution is -0.123. The van der Waals surface area contributed by atoms with Gasteiger partial charge >= 0.3 is 0 Å². The minimum Gasteiger partial charge on any atom is -0.310 e. The second-order valence-electron chi connectivity index (χ2n) is 8.36. The average Bonchev–Trinajstić information content (AvgIpc) is 3.21. The first-order chi connectivity index (χ1) is 12.7. The van der Waals surface area contributed by atoms with Crippen molar-refractivity contribution in [2.24, 2.45) is 5.92 Å². The minimum atomic E-state index is -2.02. The summed E-state index contributed by atoms with van der Waals surface area (Å²) < 4.78 is 11.2. The van der Waals surface area contributed by atoms with Gasteiger partial charge in [0.25, 0.3) is 0 Å². The standard InChI is InChI=1S/C22H31N3OS/c1-6-7-14-25-20-11-10-18(27(5,23)24-12-8-9-13-24)15-19(20)22(4,21(25)26)16-17(2)3/h1,10-11,15,17,23H,5,7-9,12-14,16H2,2-4H3. The topological polar surface area (TPSA) is 47.4 Å². The van der Waals surface area contributed by atoms with Crippen LogP contribution < -0.4 is 4.90 Å². The van der Waals surface area contributed by atoms with Crippen molar-refractivity contribution in [3.63, 3.8) is 0 Å². The van der Waals surface area contributed by atoms with Gasteiger partial charge in [-0.15, -0.1) is 12.3 Å². The average molecular weight is 386 g/mol. The monoisotopic (exact) mass is 385 g/mol. The zero-order chi connectivity index (χ0) is 19.8. The van der Waals surface area contributed by atoms with Gasteiger partial charge in [-0.25, -0.2) is 4.31 Å². The molecule has 2 unspecified atom stereocenters. The molecule has 1 aromatic carbocycles. The highest BCUT2D eigenvalue weighted by Crippen LogP contribution is 2.46. The molecule has 3 rings (SSSR count). The Morgan fingerprint density at radius 3 is 2.63 bits per heavy atom. The number of fused-ring (bicyclic) bond motifs is 1. The second-order valence-corrected chi connectivity index (χ2v) is 10.8. The molecule has 1 amide bonds. The van der Waals surface area contributed by atoms with E-state index in [2.05, 4.69) is 36.0 Å². The maximum absolute atomic E-state index is 13.3. The number of nitrogens with one attached hydrogen (secondary N) is 1. The van der Waals surface area contributed by atoms with E-state index < -0.39 is 15.0 Å². The van der Waals surface area contributed by atoms with E-state index in [1.165, 1.54) is 0 Å². The third-order valence-electron chi connectivity index (χ3n) is 5.76. The SMILES string of the molecule is C#CCCN1C(=O)C(C)(CC(C)C)c2cc(S(=C)(=N)N3CCCC3)ccc21. The normalized spacial score (nSPS) is 24.9. The molecule has 2 heterocycles. The van der Waals surface area contributed by atoms with Gasteiger partial charge in [0.2, 0.25) is 5.91 Å². The molecule has 0 aromatic heterocycles. The number of carbonyl (C=O) groups is 1. The van der Waals surface area contributed by atoms with Gasteiger partial charge in [0, 0.05) is 36.6 Å². The number of benzene rings is 1. The van der Waals surface area contributed by atoms with E-state index in [4.69, 9.17) is 11.2 Å². The quantitative estimate of drug-likeness (QED) is 0.592. The number of anilines is 1. The van der Waals surface area contributed by atoms with E-state index in [1.807, 2.05) is 24.0 Å². The van der Waals surface area contributed by atoms with Crippen LogP contribution in [-0.2, 0) is 19.8 Å². The summed E-state index contributed by atoms with van der Waals surface area (Å²) >= 11 is 0. The molecule has 1 fully saturated rings. The van der Waals surface area contributed by atoms with Gasteiger partial charge in [-0.2, -0.15) is 0 Å². The molecule has 4 nitrogen and oxygen atoms in total. The molecular formula is C22H31N3OS. The highest BCUT2D eigenvalue weighted by atomic mass is 32.2. The van der Waals surface area contributed by atoms with Crippen LogP contribution in [0, 0.1) is 23.0 Å². The zero-order valence-corrected chi connectivity index (χ0v) is 17.6. The lowest BCUT2D eigenvalue weighted by Gasteiger charge is -2.28. The summed E-state index contributed by atoms with van der Waals surface area (Å²) in [6, 6.07) is 6.12. The summed E-state index contributed by atoms with van der Waals surface area (Å²) in [6.45, 7) is 8.78. The Kier molecular flexibility index (Phi) is 5.42. The van der Waals surface area contributed by atoms with Gasteiger partial charge in [-0.1, -0.05) is 23.4 Å². The number of amides is 1. The molecule has 2 aliphatic heterocycles. The molecule has 0 bridgehead atoms. The molecule has 1 aromatic rings. The van der Waals surface area contributed by atoms with Gasteiger partial charge in [0.1, 0.15) is 0 Å². The first kappa shape index (κ1) is 20.0. The molecular weight excluding hydrogens is 354 g/mol. The number of rotatable bonds is 6. The number of nitrogens with zero attached hydrogens (tertiary/aromatic N) is 2. The van der Waals surface area contributed by atoms with Crippen LogP contribution >= 0.6 is 0 Å². The van der Waals surface area contributed by atoms with E-state index in [9.17, 15) is 4.79 Å². The zero-order valence-electron chi connectivity index (χ0n) is 16.8. The van der Waals surface area contributed by atoms with Crippen LogP contribution in [0.25, 0.3) is 0 Å². The van der Waals surface area contributed by atoms with Crippen LogP contribution in [0.5, 0.6) is 0 Å². The van der Waals surface area contributed by atoms with Crippen molar-refractivity contribution in [1.29, 1.82) is 4.78 Å². The Morgan fingerprint density at radius 1 is 1.37 bits per heavy atom. The molecule has 0 aliphatic carbocycles. The molecule has 0 spiro atoms. The van der Waals surface area contributed by atoms with Gasteiger partial charge in [-0.05, 0) is 61.7 Å². The van der Waals surface area contributed by atoms with Crippen molar-refractivity contribution in [3.05, 3.63) is 23.8 Å². The maximum atomic E-state index is 13.3. The lowest BCUT2D eigenvalue weighted by atomic mass is 9.77. The number of hydrogen-bond acceptors (Lipinski definition) is 2. The van der Waals surface area contributed by atoms with Crippen molar-refractivity contribution >= 4 is 27.1 Å². The highest BCUT2D eigenvalue weighted by molar-refractivity contribution is 7.99. The number of carbonyl (C=O) groups excluding carboxylic acids is 1. The Balaban J connectivity index is 2.08. The predicted octanol–water partition coefficient (Wildman–Crippen LogP) is 4.08. The minimum absolute atomic E-state index is 0.134. The fourth-order valence-corrected chi connectivity index (χ4v) is 6.27. The molecule has 5 heteroatoms. The van der Waals surface area contributed by atoms with Crippen molar-refractivity contribution < 1.29 is 4.79 Å². The Hall–Kier alpha value is -1.77. The van der Waals surface area contributed by atoms with E-state index in [0.29, 0.717) is 18.9 Å². The molecule has 1 N–H and O–H groups in total. The highest BCUT2D eigenvalue weighted by Gasteiger charge is 2.47. The predicted molar refractivity (Wildman–Crippen MR) is 115 cm³/mol. The summed E-state index contributed by atoms with van der Waals surface area (Å²) in [4.78, 5) is 16.1. The Labute approximate surface area is 164 Å². The number of terminal acetylenes is 1. The first-order valence-electron chi connectivity index (χ1n) is 9.78. The molecule has 146 valence electrons. The van der Waals surface area contributed by atoms with Crippen LogP contribution in [0.2, 0.25) is 0 Å². The maximum Gasteiger partial charge on any atom is 0.237 e. The van der Waals surface area contributed by atoms with E-state index >= 15 is 0 Å². The van der Waals surface area contributed by atoms with E-state index in [0.717, 1.165) is 48.5 Å². The summed E-state index contributed by atoms with van der Waals surface area (Å²) in [6.07, 6.45) is 9.05. The van der Waals surface area contributed by atoms with Gasteiger partial charge < -0.3 is 4.90 Å². The van der Waals surface area contributed by atoms with Crippen molar-refractivity contribution in [2.75, 3.05) is 24.5 Å². The van der Waals surface area contributed by atoms with Gasteiger partial charge in [0.15, 0.2) is 0 Å². The fourth-order valence-electron chi connectivity index (χ4n) is 4.49. The Bertz CT molecular complexity index is 875. The molecule has 1 saturated heterocycles. The van der Waals surface area contributed by atoms with Gasteiger partial charge in [0.05, 0.1) is 5.41 Å². The lowest BCUT2D eigenvalue weighted by Crippen LogP contribution is -2.39. The van der Waals surface area contributed by atoms with Crippen LogP contribution in [0.15, 0.2) is 23.1 Å². The third kappa shape index (κ3) is 3.41. The van der Waals surface area contributed by atoms with Crippen LogP contribution in [0.3, 0.4) is 0 Å². The van der Waals surface area contributed by atoms with Crippen molar-refractivity contribution in [3.8, 4) is 12.3 Å². The Morgan fingerprint density at radius 2 is 2.04 bits per heavy atom. The van der Waals surface area contributed by atoms with Crippen LogP contribution in [-0.4, -0.2) is 35.7 Å². The fraction of sp³-hybridized carbons (Fsp3) is 0.545. The van der Waals surface area contributed by atoms with E-state index in [-0.39, 0.29) is 5.91 Å². The third-order valence-corrected chi connectivity index (χ3v) is 8.04. The van der Waals surface area contributed by atoms with E-state index in [1.54, 1.807) is 0 Å². The number of hydrogen-bond donors (Lipinski definition) is 1. The van der Waals surface area contributed by atoms with Crippen LogP contribution in [0.4, 0.5) is 5.69 Å². The smallest absolute Gasteiger partial charge is 0.237 e. The van der Waals surface area contributed by atoms with Crippen molar-refractivity contribution in [1.82, 2.24) is 4.31 Å². The molecule has 27 heavy (non-hydrogen) atoms. The van der Waals surface area contributed by atoms with Gasteiger partial charge in [-0.3, -0.25) is 9.57 Å². The molecule has 2 atom stereocenters. The second kappa shape index (κ2) is 7.33. The summed E-state index contributed by atoms with van der Waals surface area (Å²) in [5.74, 6) is 7.48. The summed E-state index contributed by atoms with van der Waals surface area (Å²) in [5, 5.41) is 0.